The molecule has 0 bridgehead atoms. The number of aromatic amines is 1. The highest BCUT2D eigenvalue weighted by Crippen LogP contribution is 2.19. The number of carboxylic acids is 1. The number of alkyl halides is 2. The van der Waals surface area contributed by atoms with Crippen molar-refractivity contribution < 1.29 is 18.7 Å². The van der Waals surface area contributed by atoms with Crippen LogP contribution in [-0.2, 0) is 11.2 Å². The van der Waals surface area contributed by atoms with Crippen LogP contribution in [0.25, 0.3) is 0 Å². The minimum Gasteiger partial charge on any atom is -0.477 e. The van der Waals surface area contributed by atoms with E-state index in [4.69, 9.17) is 5.11 Å². The number of carbonyl (C=O) groups is 1. The zero-order valence-electron chi connectivity index (χ0n) is 6.05. The Hall–Kier alpha value is -1.39. The van der Waals surface area contributed by atoms with Gasteiger partial charge in [-0.15, -0.1) is 0 Å². The minimum absolute atomic E-state index is 0.280. The molecular weight excluding hydrogens is 168 g/mol. The molecule has 1 aromatic rings. The van der Waals surface area contributed by atoms with Crippen LogP contribution in [0.5, 0.6) is 0 Å². The molecule has 1 heterocycles. The number of hydrogen-bond acceptors (Lipinski definition) is 1. The Morgan fingerprint density at radius 2 is 2.33 bits per heavy atom. The normalized spacial score (nSPS) is 11.5. The van der Waals surface area contributed by atoms with Gasteiger partial charge in [0.05, 0.1) is 0 Å². The van der Waals surface area contributed by atoms with Crippen molar-refractivity contribution in [3.63, 3.8) is 0 Å². The van der Waals surface area contributed by atoms with Gasteiger partial charge in [-0.2, -0.15) is 8.78 Å². The topological polar surface area (TPSA) is 53.1 Å². The Labute approximate surface area is 67.0 Å². The highest BCUT2D eigenvalue weighted by Gasteiger charge is 2.38. The van der Waals surface area contributed by atoms with Gasteiger partial charge in [0.25, 0.3) is 0 Å². The molecule has 12 heavy (non-hydrogen) atoms. The van der Waals surface area contributed by atoms with Crippen LogP contribution in [0.1, 0.15) is 5.56 Å². The second kappa shape index (κ2) is 2.92. The molecule has 5 heteroatoms. The molecule has 0 saturated carbocycles. The first kappa shape index (κ1) is 8.70. The van der Waals surface area contributed by atoms with E-state index in [9.17, 15) is 13.6 Å². The first-order chi connectivity index (χ1) is 5.52. The summed E-state index contributed by atoms with van der Waals surface area (Å²) in [6.07, 6.45) is 2.04. The van der Waals surface area contributed by atoms with E-state index in [0.29, 0.717) is 0 Å². The van der Waals surface area contributed by atoms with Gasteiger partial charge in [0.1, 0.15) is 0 Å². The Morgan fingerprint density at radius 3 is 2.75 bits per heavy atom. The van der Waals surface area contributed by atoms with E-state index in [-0.39, 0.29) is 5.56 Å². The summed E-state index contributed by atoms with van der Waals surface area (Å²) in [6.45, 7) is 0. The number of nitrogens with one attached hydrogen (secondary N) is 1. The molecule has 0 spiro atoms. The molecule has 2 N–H and O–H groups in total. The molecule has 0 aliphatic heterocycles. The van der Waals surface area contributed by atoms with Gasteiger partial charge in [0.15, 0.2) is 0 Å². The van der Waals surface area contributed by atoms with Crippen LogP contribution in [-0.4, -0.2) is 22.0 Å². The average molecular weight is 175 g/mol. The molecule has 0 radical (unpaired) electrons. The lowest BCUT2D eigenvalue weighted by Crippen LogP contribution is -2.30. The Bertz CT molecular complexity index is 269. The molecule has 66 valence electrons. The number of H-pyrrole nitrogens is 1. The monoisotopic (exact) mass is 175 g/mol. The molecule has 0 aliphatic rings. The van der Waals surface area contributed by atoms with Crippen LogP contribution >= 0.6 is 0 Å². The smallest absolute Gasteiger partial charge is 0.374 e. The van der Waals surface area contributed by atoms with E-state index in [1.54, 1.807) is 0 Å². The van der Waals surface area contributed by atoms with Crippen molar-refractivity contribution in [1.82, 2.24) is 4.98 Å². The molecular formula is C7H7F2NO2. The fourth-order valence-corrected chi connectivity index (χ4v) is 0.800. The molecule has 0 unspecified atom stereocenters. The lowest BCUT2D eigenvalue weighted by molar-refractivity contribution is -0.164. The fourth-order valence-electron chi connectivity index (χ4n) is 0.800. The largest absolute Gasteiger partial charge is 0.477 e. The lowest BCUT2D eigenvalue weighted by atomic mass is 10.1. The summed E-state index contributed by atoms with van der Waals surface area (Å²) < 4.78 is 25.0. The fraction of sp³-hybridized carbons (Fsp3) is 0.286. The molecule has 0 aromatic carbocycles. The maximum Gasteiger partial charge on any atom is 0.374 e. The van der Waals surface area contributed by atoms with Gasteiger partial charge in [-0.1, -0.05) is 0 Å². The summed E-state index contributed by atoms with van der Waals surface area (Å²) in [6, 6.07) is 1.41. The van der Waals surface area contributed by atoms with Crippen molar-refractivity contribution in [2.75, 3.05) is 0 Å². The van der Waals surface area contributed by atoms with E-state index < -0.39 is 18.3 Å². The number of aliphatic carboxylic acids is 1. The predicted molar refractivity (Wildman–Crippen MR) is 37.1 cm³/mol. The second-order valence-electron chi connectivity index (χ2n) is 2.41. The standard InChI is InChI=1S/C7H7F2NO2/c8-7(9,6(11)12)3-5-1-2-10-4-5/h1-2,4,10H,3H2,(H,11,12). The van der Waals surface area contributed by atoms with Crippen LogP contribution < -0.4 is 0 Å². The van der Waals surface area contributed by atoms with E-state index >= 15 is 0 Å². The van der Waals surface area contributed by atoms with Crippen molar-refractivity contribution in [1.29, 1.82) is 0 Å². The first-order valence-electron chi connectivity index (χ1n) is 3.25. The van der Waals surface area contributed by atoms with Gasteiger partial charge in [-0.05, 0) is 11.6 Å². The third-order valence-corrected chi connectivity index (χ3v) is 1.40. The van der Waals surface area contributed by atoms with Gasteiger partial charge in [-0.25, -0.2) is 4.79 Å². The quantitative estimate of drug-likeness (QED) is 0.726. The number of aromatic nitrogens is 1. The number of carboxylic acid groups (broad SMARTS) is 1. The summed E-state index contributed by atoms with van der Waals surface area (Å²) in [4.78, 5) is 12.6. The number of rotatable bonds is 3. The Morgan fingerprint density at radius 1 is 1.67 bits per heavy atom. The molecule has 1 rings (SSSR count). The summed E-state index contributed by atoms with van der Waals surface area (Å²) in [7, 11) is 0. The van der Waals surface area contributed by atoms with Gasteiger partial charge in [0, 0.05) is 18.8 Å². The van der Waals surface area contributed by atoms with Crippen molar-refractivity contribution >= 4 is 5.97 Å². The highest BCUT2D eigenvalue weighted by molar-refractivity contribution is 5.75. The van der Waals surface area contributed by atoms with Crippen LogP contribution in [0.15, 0.2) is 18.5 Å². The molecule has 0 amide bonds. The van der Waals surface area contributed by atoms with Crippen LogP contribution in [0, 0.1) is 0 Å². The SMILES string of the molecule is O=C(O)C(F)(F)Cc1cc[nH]c1. The molecule has 0 aliphatic carbocycles. The van der Waals surface area contributed by atoms with E-state index in [1.807, 2.05) is 0 Å². The second-order valence-corrected chi connectivity index (χ2v) is 2.41. The number of hydrogen-bond donors (Lipinski definition) is 2. The van der Waals surface area contributed by atoms with Crippen LogP contribution in [0.3, 0.4) is 0 Å². The molecule has 0 fully saturated rings. The average Bonchev–Trinajstić information content (AvgIpc) is 2.38. The van der Waals surface area contributed by atoms with E-state index in [2.05, 4.69) is 4.98 Å². The number of halogens is 2. The zero-order valence-corrected chi connectivity index (χ0v) is 6.05. The zero-order chi connectivity index (χ0) is 9.19. The van der Waals surface area contributed by atoms with Crippen molar-refractivity contribution in [2.24, 2.45) is 0 Å². The van der Waals surface area contributed by atoms with Gasteiger partial charge in [-0.3, -0.25) is 0 Å². The Balaban J connectivity index is 2.69. The molecule has 3 nitrogen and oxygen atoms in total. The summed E-state index contributed by atoms with van der Waals surface area (Å²) in [5, 5.41) is 8.08. The third-order valence-electron chi connectivity index (χ3n) is 1.40. The third kappa shape index (κ3) is 1.81. The molecule has 0 saturated heterocycles. The lowest BCUT2D eigenvalue weighted by Gasteiger charge is -2.08. The predicted octanol–water partition coefficient (Wildman–Crippen LogP) is 1.28. The van der Waals surface area contributed by atoms with Crippen LogP contribution in [0.2, 0.25) is 0 Å². The summed E-state index contributed by atoms with van der Waals surface area (Å²) in [5.41, 5.74) is 0.280. The minimum atomic E-state index is -3.68. The highest BCUT2D eigenvalue weighted by atomic mass is 19.3. The maximum absolute atomic E-state index is 12.5. The van der Waals surface area contributed by atoms with Gasteiger partial charge in [0.2, 0.25) is 0 Å². The van der Waals surface area contributed by atoms with Crippen LogP contribution in [0.4, 0.5) is 8.78 Å². The summed E-state index contributed by atoms with van der Waals surface area (Å²) in [5.74, 6) is -5.77. The van der Waals surface area contributed by atoms with E-state index in [0.717, 1.165) is 0 Å². The van der Waals surface area contributed by atoms with Crippen molar-refractivity contribution in [2.45, 2.75) is 12.3 Å². The molecule has 0 atom stereocenters. The first-order valence-corrected chi connectivity index (χ1v) is 3.25. The Kier molecular flexibility index (Phi) is 2.12. The molecule has 1 aromatic heterocycles. The maximum atomic E-state index is 12.5. The van der Waals surface area contributed by atoms with Gasteiger partial charge >= 0.3 is 11.9 Å². The van der Waals surface area contributed by atoms with Gasteiger partial charge < -0.3 is 10.1 Å². The summed E-state index contributed by atoms with van der Waals surface area (Å²) >= 11 is 0. The van der Waals surface area contributed by atoms with Crippen molar-refractivity contribution in [3.8, 4) is 0 Å². The van der Waals surface area contributed by atoms with Crippen molar-refractivity contribution in [3.05, 3.63) is 24.0 Å². The van der Waals surface area contributed by atoms with E-state index in [1.165, 1.54) is 18.5 Å².